The van der Waals surface area contributed by atoms with Crippen molar-refractivity contribution in [3.8, 4) is 22.8 Å². The number of ether oxygens (including phenoxy) is 2. The summed E-state index contributed by atoms with van der Waals surface area (Å²) in [7, 11) is 3.15. The number of nitrogens with one attached hydrogen (secondary N) is 1. The summed E-state index contributed by atoms with van der Waals surface area (Å²) >= 11 is 0. The number of carbonyl (C=O) groups is 1. The minimum atomic E-state index is -0.209. The molecule has 168 valence electrons. The largest absolute Gasteiger partial charge is 0.493 e. The number of hydrogen-bond donors (Lipinski definition) is 1. The summed E-state index contributed by atoms with van der Waals surface area (Å²) in [6.45, 7) is 4.60. The molecule has 0 radical (unpaired) electrons. The zero-order chi connectivity index (χ0) is 23.1. The Morgan fingerprint density at radius 3 is 2.38 bits per heavy atom. The van der Waals surface area contributed by atoms with Gasteiger partial charge in [0, 0.05) is 30.3 Å². The summed E-state index contributed by atoms with van der Waals surface area (Å²) in [5.74, 6) is 1.56. The van der Waals surface area contributed by atoms with Crippen LogP contribution in [0.25, 0.3) is 11.3 Å². The molecule has 0 saturated carbocycles. The molecule has 0 atom stereocenters. The van der Waals surface area contributed by atoms with Crippen molar-refractivity contribution in [1.29, 1.82) is 0 Å². The van der Waals surface area contributed by atoms with Crippen LogP contribution in [0.3, 0.4) is 0 Å². The van der Waals surface area contributed by atoms with E-state index in [-0.39, 0.29) is 11.5 Å². The molecule has 0 aliphatic heterocycles. The SMILES string of the molecule is COc1ccc(-c2ccc(=O)n(CCCC(=O)Nc3ccc(C(C)C)cc3)n2)cc1OC. The highest BCUT2D eigenvalue weighted by Crippen LogP contribution is 2.31. The third kappa shape index (κ3) is 5.75. The van der Waals surface area contributed by atoms with Gasteiger partial charge in [0.05, 0.1) is 19.9 Å². The lowest BCUT2D eigenvalue weighted by molar-refractivity contribution is -0.116. The van der Waals surface area contributed by atoms with Gasteiger partial charge in [-0.3, -0.25) is 9.59 Å². The summed E-state index contributed by atoms with van der Waals surface area (Å²) in [6.07, 6.45) is 0.791. The van der Waals surface area contributed by atoms with Gasteiger partial charge in [-0.05, 0) is 54.3 Å². The molecular formula is C25H29N3O4. The number of carbonyl (C=O) groups excluding carboxylic acids is 1. The Balaban J connectivity index is 1.62. The topological polar surface area (TPSA) is 82.5 Å². The Kier molecular flexibility index (Phi) is 7.65. The molecule has 0 bridgehead atoms. The number of aryl methyl sites for hydroxylation is 1. The predicted molar refractivity (Wildman–Crippen MR) is 125 cm³/mol. The highest BCUT2D eigenvalue weighted by atomic mass is 16.5. The molecule has 0 saturated heterocycles. The maximum atomic E-state index is 12.3. The van der Waals surface area contributed by atoms with Crippen molar-refractivity contribution in [2.45, 2.75) is 39.2 Å². The lowest BCUT2D eigenvalue weighted by Crippen LogP contribution is -2.23. The molecule has 1 heterocycles. The number of benzene rings is 2. The fraction of sp³-hybridized carbons (Fsp3) is 0.320. The fourth-order valence-corrected chi connectivity index (χ4v) is 3.32. The smallest absolute Gasteiger partial charge is 0.266 e. The Bertz CT molecular complexity index is 1120. The number of anilines is 1. The van der Waals surface area contributed by atoms with Crippen LogP contribution >= 0.6 is 0 Å². The van der Waals surface area contributed by atoms with E-state index in [1.807, 2.05) is 36.4 Å². The Hall–Kier alpha value is -3.61. The van der Waals surface area contributed by atoms with Gasteiger partial charge in [0.15, 0.2) is 11.5 Å². The molecule has 32 heavy (non-hydrogen) atoms. The van der Waals surface area contributed by atoms with Crippen molar-refractivity contribution in [3.05, 3.63) is 70.5 Å². The molecule has 0 aliphatic carbocycles. The van der Waals surface area contributed by atoms with E-state index in [4.69, 9.17) is 9.47 Å². The first-order valence-electron chi connectivity index (χ1n) is 10.6. The number of nitrogens with zero attached hydrogens (tertiary/aromatic N) is 2. The Labute approximate surface area is 188 Å². The van der Waals surface area contributed by atoms with E-state index in [9.17, 15) is 9.59 Å². The number of rotatable bonds is 9. The fourth-order valence-electron chi connectivity index (χ4n) is 3.32. The van der Waals surface area contributed by atoms with Crippen molar-refractivity contribution in [1.82, 2.24) is 9.78 Å². The monoisotopic (exact) mass is 435 g/mol. The molecular weight excluding hydrogens is 406 g/mol. The van der Waals surface area contributed by atoms with Gasteiger partial charge in [-0.15, -0.1) is 0 Å². The van der Waals surface area contributed by atoms with Crippen LogP contribution in [0.2, 0.25) is 0 Å². The molecule has 0 spiro atoms. The first-order chi connectivity index (χ1) is 15.4. The highest BCUT2D eigenvalue weighted by Gasteiger charge is 2.10. The van der Waals surface area contributed by atoms with E-state index >= 15 is 0 Å². The van der Waals surface area contributed by atoms with Crippen LogP contribution in [0.5, 0.6) is 11.5 Å². The second-order valence-electron chi connectivity index (χ2n) is 7.78. The normalized spacial score (nSPS) is 10.8. The molecule has 1 amide bonds. The van der Waals surface area contributed by atoms with E-state index in [0.717, 1.165) is 11.3 Å². The zero-order valence-electron chi connectivity index (χ0n) is 18.9. The highest BCUT2D eigenvalue weighted by molar-refractivity contribution is 5.90. The van der Waals surface area contributed by atoms with Gasteiger partial charge in [0.2, 0.25) is 5.91 Å². The molecule has 0 unspecified atom stereocenters. The van der Waals surface area contributed by atoms with Gasteiger partial charge < -0.3 is 14.8 Å². The van der Waals surface area contributed by atoms with Crippen LogP contribution in [-0.4, -0.2) is 29.9 Å². The van der Waals surface area contributed by atoms with Crippen LogP contribution in [0.4, 0.5) is 5.69 Å². The van der Waals surface area contributed by atoms with Crippen LogP contribution in [0, 0.1) is 0 Å². The van der Waals surface area contributed by atoms with Gasteiger partial charge in [0.1, 0.15) is 0 Å². The maximum Gasteiger partial charge on any atom is 0.266 e. The molecule has 3 aromatic rings. The minimum Gasteiger partial charge on any atom is -0.493 e. The summed E-state index contributed by atoms with van der Waals surface area (Å²) in [4.78, 5) is 24.5. The van der Waals surface area contributed by atoms with Crippen LogP contribution in [0.15, 0.2) is 59.4 Å². The predicted octanol–water partition coefficient (Wildman–Crippen LogP) is 4.47. The molecule has 3 rings (SSSR count). The van der Waals surface area contributed by atoms with Gasteiger partial charge in [-0.25, -0.2) is 4.68 Å². The van der Waals surface area contributed by atoms with Crippen LogP contribution < -0.4 is 20.3 Å². The van der Waals surface area contributed by atoms with Crippen molar-refractivity contribution in [2.24, 2.45) is 0 Å². The van der Waals surface area contributed by atoms with Crippen molar-refractivity contribution in [2.75, 3.05) is 19.5 Å². The van der Waals surface area contributed by atoms with Gasteiger partial charge >= 0.3 is 0 Å². The molecule has 7 nitrogen and oxygen atoms in total. The summed E-state index contributed by atoms with van der Waals surface area (Å²) < 4.78 is 12.0. The van der Waals surface area contributed by atoms with E-state index in [1.165, 1.54) is 16.3 Å². The van der Waals surface area contributed by atoms with Crippen LogP contribution in [-0.2, 0) is 11.3 Å². The third-order valence-electron chi connectivity index (χ3n) is 5.18. The van der Waals surface area contributed by atoms with E-state index < -0.39 is 0 Å². The van der Waals surface area contributed by atoms with Gasteiger partial charge in [-0.1, -0.05) is 26.0 Å². The number of amides is 1. The molecule has 0 aliphatic rings. The van der Waals surface area contributed by atoms with Crippen molar-refractivity contribution in [3.63, 3.8) is 0 Å². The zero-order valence-corrected chi connectivity index (χ0v) is 18.9. The maximum absolute atomic E-state index is 12.3. The summed E-state index contributed by atoms with van der Waals surface area (Å²) in [5, 5.41) is 7.35. The third-order valence-corrected chi connectivity index (χ3v) is 5.18. The second-order valence-corrected chi connectivity index (χ2v) is 7.78. The van der Waals surface area contributed by atoms with Gasteiger partial charge in [-0.2, -0.15) is 5.10 Å². The minimum absolute atomic E-state index is 0.0913. The molecule has 7 heteroatoms. The average Bonchev–Trinajstić information content (AvgIpc) is 2.80. The molecule has 1 N–H and O–H groups in total. The number of methoxy groups -OCH3 is 2. The Morgan fingerprint density at radius 1 is 1.00 bits per heavy atom. The number of aromatic nitrogens is 2. The first kappa shape index (κ1) is 23.1. The second kappa shape index (κ2) is 10.6. The van der Waals surface area contributed by atoms with Crippen molar-refractivity contribution >= 4 is 11.6 Å². The molecule has 1 aromatic heterocycles. The first-order valence-corrected chi connectivity index (χ1v) is 10.6. The van der Waals surface area contributed by atoms with Crippen LogP contribution in [0.1, 0.15) is 38.2 Å². The quantitative estimate of drug-likeness (QED) is 0.536. The van der Waals surface area contributed by atoms with Gasteiger partial charge in [0.25, 0.3) is 5.56 Å². The molecule has 0 fully saturated rings. The van der Waals surface area contributed by atoms with Crippen molar-refractivity contribution < 1.29 is 14.3 Å². The van der Waals surface area contributed by atoms with E-state index in [1.54, 1.807) is 26.4 Å². The number of hydrogen-bond acceptors (Lipinski definition) is 5. The standard InChI is InChI=1S/C25H29N3O4/c1-17(2)18-7-10-20(11-8-18)26-24(29)6-5-15-28-25(30)14-12-21(27-28)19-9-13-22(31-3)23(16-19)32-4/h7-14,16-17H,5-6,15H2,1-4H3,(H,26,29). The Morgan fingerprint density at radius 2 is 1.72 bits per heavy atom. The summed E-state index contributed by atoms with van der Waals surface area (Å²) in [5.41, 5.74) is 3.23. The van der Waals surface area contributed by atoms with E-state index in [2.05, 4.69) is 24.3 Å². The lowest BCUT2D eigenvalue weighted by atomic mass is 10.0. The lowest BCUT2D eigenvalue weighted by Gasteiger charge is -2.11. The van der Waals surface area contributed by atoms with E-state index in [0.29, 0.717) is 42.5 Å². The average molecular weight is 436 g/mol. The molecule has 2 aromatic carbocycles. The summed E-state index contributed by atoms with van der Waals surface area (Å²) in [6, 6.07) is 16.5.